The van der Waals surface area contributed by atoms with E-state index < -0.39 is 54.0 Å². The number of aromatic amines is 1. The Morgan fingerprint density at radius 1 is 0.974 bits per heavy atom. The molecule has 1 aromatic heterocycles. The van der Waals surface area contributed by atoms with Crippen LogP contribution in [-0.4, -0.2) is 80.7 Å². The van der Waals surface area contributed by atoms with E-state index in [2.05, 4.69) is 25.9 Å². The number of amides is 3. The third-order valence-electron chi connectivity index (χ3n) is 5.88. The van der Waals surface area contributed by atoms with Crippen molar-refractivity contribution < 1.29 is 29.4 Å². The molecule has 208 valence electrons. The van der Waals surface area contributed by atoms with Gasteiger partial charge in [0.05, 0.1) is 18.5 Å². The largest absolute Gasteiger partial charge is 0.480 e. The van der Waals surface area contributed by atoms with Gasteiger partial charge in [-0.05, 0) is 31.9 Å². The number of nitrogens with two attached hydrogens (primary N) is 2. The summed E-state index contributed by atoms with van der Waals surface area (Å²) in [5.41, 5.74) is 12.6. The highest BCUT2D eigenvalue weighted by molar-refractivity contribution is 5.94. The van der Waals surface area contributed by atoms with Crippen molar-refractivity contribution in [1.82, 2.24) is 25.9 Å². The van der Waals surface area contributed by atoms with E-state index >= 15 is 0 Å². The summed E-state index contributed by atoms with van der Waals surface area (Å²) in [6.07, 6.45) is 3.18. The number of rotatable bonds is 16. The van der Waals surface area contributed by atoms with Crippen molar-refractivity contribution in [2.75, 3.05) is 6.54 Å². The monoisotopic (exact) mass is 531 g/mol. The SMILES string of the molecule is CC(O)C(NC(=O)C(N)CCCCN)C(=O)NC(Cc1ccccc1)C(=O)NC(Cc1cnc[nH]1)C(=O)O. The minimum absolute atomic E-state index is 0.0356. The molecule has 0 aliphatic carbocycles. The van der Waals surface area contributed by atoms with Crippen molar-refractivity contribution in [2.24, 2.45) is 11.5 Å². The van der Waals surface area contributed by atoms with Gasteiger partial charge in [0.25, 0.3) is 0 Å². The van der Waals surface area contributed by atoms with E-state index in [4.69, 9.17) is 11.5 Å². The Bertz CT molecular complexity index is 1030. The molecule has 0 radical (unpaired) electrons. The second-order valence-electron chi connectivity index (χ2n) is 9.05. The lowest BCUT2D eigenvalue weighted by Crippen LogP contribution is -2.60. The number of nitrogens with zero attached hydrogens (tertiary/aromatic N) is 1. The summed E-state index contributed by atoms with van der Waals surface area (Å²) in [5, 5.41) is 27.3. The number of aliphatic carboxylic acids is 1. The van der Waals surface area contributed by atoms with Crippen molar-refractivity contribution in [3.63, 3.8) is 0 Å². The maximum Gasteiger partial charge on any atom is 0.326 e. The molecule has 0 bridgehead atoms. The van der Waals surface area contributed by atoms with Gasteiger partial charge in [0.1, 0.15) is 18.1 Å². The molecule has 0 spiro atoms. The number of carbonyl (C=O) groups excluding carboxylic acids is 3. The summed E-state index contributed by atoms with van der Waals surface area (Å²) in [5.74, 6) is -3.46. The number of hydrogen-bond donors (Lipinski definition) is 8. The summed E-state index contributed by atoms with van der Waals surface area (Å²) in [6, 6.07) is 4.01. The molecule has 0 aliphatic heterocycles. The average Bonchev–Trinajstić information content (AvgIpc) is 3.39. The van der Waals surface area contributed by atoms with Crippen LogP contribution in [0.5, 0.6) is 0 Å². The van der Waals surface area contributed by atoms with E-state index in [-0.39, 0.29) is 12.8 Å². The van der Waals surface area contributed by atoms with E-state index in [1.54, 1.807) is 30.3 Å². The number of benzene rings is 1. The minimum Gasteiger partial charge on any atom is -0.480 e. The van der Waals surface area contributed by atoms with Gasteiger partial charge in [-0.3, -0.25) is 14.4 Å². The molecule has 0 saturated carbocycles. The molecule has 2 aromatic rings. The molecule has 13 heteroatoms. The van der Waals surface area contributed by atoms with Crippen LogP contribution in [0.15, 0.2) is 42.9 Å². The standard InChI is InChI=1S/C25H37N7O6/c1-15(33)21(32-22(34)18(27)9-5-6-10-26)24(36)30-19(11-16-7-3-2-4-8-16)23(35)31-20(25(37)38)12-17-13-28-14-29-17/h2-4,7-8,13-15,18-21,33H,5-6,9-12,26-27H2,1H3,(H,28,29)(H,30,36)(H,31,35)(H,32,34)(H,37,38). The number of carboxylic acid groups (broad SMARTS) is 1. The number of aliphatic hydroxyl groups excluding tert-OH is 1. The zero-order chi connectivity index (χ0) is 28.1. The summed E-state index contributed by atoms with van der Waals surface area (Å²) < 4.78 is 0. The highest BCUT2D eigenvalue weighted by Gasteiger charge is 2.32. The van der Waals surface area contributed by atoms with Crippen LogP contribution in [0.2, 0.25) is 0 Å². The summed E-state index contributed by atoms with van der Waals surface area (Å²) in [6.45, 7) is 1.78. The molecule has 0 fully saturated rings. The first-order chi connectivity index (χ1) is 18.1. The van der Waals surface area contributed by atoms with Gasteiger partial charge in [-0.15, -0.1) is 0 Å². The Kier molecular flexibility index (Phi) is 12.4. The summed E-state index contributed by atoms with van der Waals surface area (Å²) in [7, 11) is 0. The molecule has 0 aliphatic rings. The molecule has 13 nitrogen and oxygen atoms in total. The molecule has 0 saturated heterocycles. The van der Waals surface area contributed by atoms with Gasteiger partial charge in [-0.25, -0.2) is 9.78 Å². The van der Waals surface area contributed by atoms with Crippen LogP contribution in [0.25, 0.3) is 0 Å². The number of unbranched alkanes of at least 4 members (excludes halogenated alkanes) is 1. The minimum atomic E-state index is -1.39. The molecule has 5 unspecified atom stereocenters. The number of imidazole rings is 1. The number of aliphatic hydroxyl groups is 1. The lowest BCUT2D eigenvalue weighted by Gasteiger charge is -2.26. The Hall–Kier alpha value is -3.81. The predicted molar refractivity (Wildman–Crippen MR) is 138 cm³/mol. The van der Waals surface area contributed by atoms with Gasteiger partial charge in [-0.2, -0.15) is 0 Å². The van der Waals surface area contributed by atoms with Crippen LogP contribution >= 0.6 is 0 Å². The van der Waals surface area contributed by atoms with Crippen LogP contribution in [0.4, 0.5) is 0 Å². The zero-order valence-electron chi connectivity index (χ0n) is 21.3. The second kappa shape index (κ2) is 15.4. The van der Waals surface area contributed by atoms with Crippen molar-refractivity contribution in [2.45, 2.75) is 69.3 Å². The molecule has 38 heavy (non-hydrogen) atoms. The maximum atomic E-state index is 13.2. The van der Waals surface area contributed by atoms with E-state index in [9.17, 15) is 29.4 Å². The van der Waals surface area contributed by atoms with Gasteiger partial charge < -0.3 is 42.6 Å². The van der Waals surface area contributed by atoms with Crippen molar-refractivity contribution in [3.05, 3.63) is 54.1 Å². The smallest absolute Gasteiger partial charge is 0.326 e. The fourth-order valence-corrected chi connectivity index (χ4v) is 3.71. The van der Waals surface area contributed by atoms with Crippen molar-refractivity contribution in [3.8, 4) is 0 Å². The third-order valence-corrected chi connectivity index (χ3v) is 5.88. The Morgan fingerprint density at radius 2 is 1.66 bits per heavy atom. The Balaban J connectivity index is 2.17. The fraction of sp³-hybridized carbons (Fsp3) is 0.480. The third kappa shape index (κ3) is 9.92. The van der Waals surface area contributed by atoms with Gasteiger partial charge in [-0.1, -0.05) is 36.8 Å². The van der Waals surface area contributed by atoms with E-state index in [0.717, 1.165) is 0 Å². The highest BCUT2D eigenvalue weighted by atomic mass is 16.4. The molecular weight excluding hydrogens is 494 g/mol. The van der Waals surface area contributed by atoms with Crippen LogP contribution in [0, 0.1) is 0 Å². The van der Waals surface area contributed by atoms with E-state index in [1.165, 1.54) is 19.4 Å². The van der Waals surface area contributed by atoms with Crippen molar-refractivity contribution in [1.29, 1.82) is 0 Å². The fourth-order valence-electron chi connectivity index (χ4n) is 3.71. The second-order valence-corrected chi connectivity index (χ2v) is 9.05. The van der Waals surface area contributed by atoms with E-state index in [1.807, 2.05) is 0 Å². The Labute approximate surface area is 220 Å². The number of aromatic nitrogens is 2. The zero-order valence-corrected chi connectivity index (χ0v) is 21.3. The number of hydrogen-bond acceptors (Lipinski definition) is 8. The van der Waals surface area contributed by atoms with Gasteiger partial charge in [0, 0.05) is 24.7 Å². The first kappa shape index (κ1) is 30.4. The molecule has 2 rings (SSSR count). The van der Waals surface area contributed by atoms with Crippen LogP contribution < -0.4 is 27.4 Å². The highest BCUT2D eigenvalue weighted by Crippen LogP contribution is 2.07. The van der Waals surface area contributed by atoms with E-state index in [0.29, 0.717) is 37.1 Å². The first-order valence-corrected chi connectivity index (χ1v) is 12.4. The summed E-state index contributed by atoms with van der Waals surface area (Å²) >= 11 is 0. The quantitative estimate of drug-likeness (QED) is 0.119. The molecule has 1 aromatic carbocycles. The molecule has 1 heterocycles. The first-order valence-electron chi connectivity index (χ1n) is 12.4. The van der Waals surface area contributed by atoms with Crippen LogP contribution in [0.3, 0.4) is 0 Å². The summed E-state index contributed by atoms with van der Waals surface area (Å²) in [4.78, 5) is 57.3. The number of H-pyrrole nitrogens is 1. The average molecular weight is 532 g/mol. The number of carbonyl (C=O) groups is 4. The molecular formula is C25H37N7O6. The van der Waals surface area contributed by atoms with Gasteiger partial charge >= 0.3 is 5.97 Å². The topological polar surface area (TPSA) is 226 Å². The maximum absolute atomic E-state index is 13.2. The van der Waals surface area contributed by atoms with Gasteiger partial charge in [0.2, 0.25) is 17.7 Å². The van der Waals surface area contributed by atoms with Crippen LogP contribution in [0.1, 0.15) is 37.4 Å². The normalized spacial score (nSPS) is 14.9. The molecule has 10 N–H and O–H groups in total. The van der Waals surface area contributed by atoms with Gasteiger partial charge in [0.15, 0.2) is 0 Å². The predicted octanol–water partition coefficient (Wildman–Crippen LogP) is -1.43. The Morgan fingerprint density at radius 3 is 2.24 bits per heavy atom. The van der Waals surface area contributed by atoms with Crippen molar-refractivity contribution >= 4 is 23.7 Å². The molecule has 5 atom stereocenters. The number of carboxylic acids is 1. The lowest BCUT2D eigenvalue weighted by molar-refractivity contribution is -0.142. The lowest BCUT2D eigenvalue weighted by atomic mass is 10.0. The molecule has 3 amide bonds. The van der Waals surface area contributed by atoms with Crippen LogP contribution in [-0.2, 0) is 32.0 Å². The number of nitrogens with one attached hydrogen (secondary N) is 4.